The van der Waals surface area contributed by atoms with Gasteiger partial charge in [-0.3, -0.25) is 4.79 Å². The van der Waals surface area contributed by atoms with E-state index in [1.807, 2.05) is 27.7 Å². The predicted molar refractivity (Wildman–Crippen MR) is 105 cm³/mol. The van der Waals surface area contributed by atoms with Gasteiger partial charge in [0.2, 0.25) is 10.0 Å². The highest BCUT2D eigenvalue weighted by atomic mass is 32.2. The zero-order valence-corrected chi connectivity index (χ0v) is 17.2. The summed E-state index contributed by atoms with van der Waals surface area (Å²) in [4.78, 5) is 12.7. The lowest BCUT2D eigenvalue weighted by Crippen LogP contribution is -2.48. The van der Waals surface area contributed by atoms with E-state index in [4.69, 9.17) is 11.2 Å². The van der Waals surface area contributed by atoms with Crippen LogP contribution in [0.25, 0.3) is 0 Å². The van der Waals surface area contributed by atoms with E-state index in [1.54, 1.807) is 0 Å². The SMILES string of the molecule is C#CC(CC)(CC)NC(=O)c1ccc(S(=O)(=O)N2C[C@@H](C)O[C@H](C)C2)cc1. The Hall–Kier alpha value is -1.88. The molecule has 0 spiro atoms. The lowest BCUT2D eigenvalue weighted by molar-refractivity contribution is -0.0440. The summed E-state index contributed by atoms with van der Waals surface area (Å²) in [6, 6.07) is 5.96. The molecule has 0 radical (unpaired) electrons. The fourth-order valence-electron chi connectivity index (χ4n) is 3.21. The van der Waals surface area contributed by atoms with Crippen LogP contribution in [-0.2, 0) is 14.8 Å². The molecule has 0 unspecified atom stereocenters. The zero-order chi connectivity index (χ0) is 20.2. The molecule has 7 heteroatoms. The van der Waals surface area contributed by atoms with E-state index in [9.17, 15) is 13.2 Å². The first kappa shape index (κ1) is 21.4. The zero-order valence-electron chi connectivity index (χ0n) is 16.4. The molecular formula is C20H28N2O4S. The number of carbonyl (C=O) groups is 1. The van der Waals surface area contributed by atoms with E-state index in [0.29, 0.717) is 31.5 Å². The molecule has 1 aromatic rings. The third-order valence-electron chi connectivity index (χ3n) is 4.98. The molecule has 0 aliphatic carbocycles. The van der Waals surface area contributed by atoms with E-state index < -0.39 is 15.6 Å². The maximum Gasteiger partial charge on any atom is 0.252 e. The molecule has 1 heterocycles. The van der Waals surface area contributed by atoms with Gasteiger partial charge in [-0.1, -0.05) is 19.8 Å². The topological polar surface area (TPSA) is 75.7 Å². The molecule has 1 fully saturated rings. The normalized spacial score (nSPS) is 21.4. The monoisotopic (exact) mass is 392 g/mol. The van der Waals surface area contributed by atoms with Crippen molar-refractivity contribution in [3.8, 4) is 12.3 Å². The first-order chi connectivity index (χ1) is 12.7. The molecule has 0 bridgehead atoms. The molecule has 0 aromatic heterocycles. The number of rotatable bonds is 6. The van der Waals surface area contributed by atoms with Crippen molar-refractivity contribution >= 4 is 15.9 Å². The number of benzene rings is 1. The maximum atomic E-state index is 12.9. The third kappa shape index (κ3) is 4.70. The Morgan fingerprint density at radius 2 is 1.74 bits per heavy atom. The summed E-state index contributed by atoms with van der Waals surface area (Å²) in [5, 5.41) is 2.88. The molecule has 1 aliphatic heterocycles. The smallest absolute Gasteiger partial charge is 0.252 e. The second kappa shape index (κ2) is 8.42. The number of nitrogens with one attached hydrogen (secondary N) is 1. The number of amides is 1. The van der Waals surface area contributed by atoms with Crippen molar-refractivity contribution in [2.24, 2.45) is 0 Å². The van der Waals surface area contributed by atoms with Crippen molar-refractivity contribution in [3.05, 3.63) is 29.8 Å². The van der Waals surface area contributed by atoms with Gasteiger partial charge in [0.15, 0.2) is 0 Å². The number of ether oxygens (including phenoxy) is 1. The van der Waals surface area contributed by atoms with Crippen LogP contribution in [-0.4, -0.2) is 49.5 Å². The van der Waals surface area contributed by atoms with Crippen molar-refractivity contribution in [1.82, 2.24) is 9.62 Å². The Bertz CT molecular complexity index is 797. The first-order valence-corrected chi connectivity index (χ1v) is 10.7. The van der Waals surface area contributed by atoms with Crippen LogP contribution >= 0.6 is 0 Å². The fraction of sp³-hybridized carbons (Fsp3) is 0.550. The van der Waals surface area contributed by atoms with E-state index in [-0.39, 0.29) is 23.0 Å². The highest BCUT2D eigenvalue weighted by molar-refractivity contribution is 7.89. The Morgan fingerprint density at radius 1 is 1.22 bits per heavy atom. The summed E-state index contributed by atoms with van der Waals surface area (Å²) >= 11 is 0. The molecule has 6 nitrogen and oxygen atoms in total. The lowest BCUT2D eigenvalue weighted by atomic mass is 9.93. The minimum atomic E-state index is -3.63. The van der Waals surface area contributed by atoms with Crippen LogP contribution in [0, 0.1) is 12.3 Å². The maximum absolute atomic E-state index is 12.9. The fourth-order valence-corrected chi connectivity index (χ4v) is 4.80. The summed E-state index contributed by atoms with van der Waals surface area (Å²) in [6.07, 6.45) is 6.50. The summed E-state index contributed by atoms with van der Waals surface area (Å²) in [5.74, 6) is 2.35. The summed E-state index contributed by atoms with van der Waals surface area (Å²) < 4.78 is 32.8. The van der Waals surface area contributed by atoms with Gasteiger partial charge < -0.3 is 10.1 Å². The van der Waals surface area contributed by atoms with Gasteiger partial charge in [0, 0.05) is 18.7 Å². The van der Waals surface area contributed by atoms with Crippen molar-refractivity contribution in [2.75, 3.05) is 13.1 Å². The Morgan fingerprint density at radius 3 is 2.19 bits per heavy atom. The largest absolute Gasteiger partial charge is 0.373 e. The van der Waals surface area contributed by atoms with Gasteiger partial charge in [0.1, 0.15) is 5.54 Å². The Labute approximate surface area is 162 Å². The molecule has 148 valence electrons. The van der Waals surface area contributed by atoms with Gasteiger partial charge in [-0.2, -0.15) is 4.31 Å². The minimum absolute atomic E-state index is 0.159. The average molecular weight is 393 g/mol. The van der Waals surface area contributed by atoms with Crippen molar-refractivity contribution < 1.29 is 17.9 Å². The van der Waals surface area contributed by atoms with Crippen LogP contribution < -0.4 is 5.32 Å². The highest BCUT2D eigenvalue weighted by Crippen LogP contribution is 2.22. The van der Waals surface area contributed by atoms with Gasteiger partial charge in [-0.15, -0.1) is 6.42 Å². The van der Waals surface area contributed by atoms with Gasteiger partial charge in [-0.05, 0) is 51.0 Å². The number of nitrogens with zero attached hydrogens (tertiary/aromatic N) is 1. The van der Waals surface area contributed by atoms with Gasteiger partial charge in [-0.25, -0.2) is 8.42 Å². The molecule has 2 atom stereocenters. The highest BCUT2D eigenvalue weighted by Gasteiger charge is 2.32. The molecule has 1 saturated heterocycles. The molecule has 1 amide bonds. The van der Waals surface area contributed by atoms with Crippen LogP contribution in [0.4, 0.5) is 0 Å². The van der Waals surface area contributed by atoms with Crippen LogP contribution in [0.3, 0.4) is 0 Å². The quantitative estimate of drug-likeness (QED) is 0.755. The number of hydrogen-bond donors (Lipinski definition) is 1. The average Bonchev–Trinajstić information content (AvgIpc) is 2.65. The van der Waals surface area contributed by atoms with E-state index in [2.05, 4.69) is 11.2 Å². The molecule has 2 rings (SSSR count). The van der Waals surface area contributed by atoms with Crippen LogP contribution in [0.15, 0.2) is 29.2 Å². The van der Waals surface area contributed by atoms with E-state index in [0.717, 1.165) is 0 Å². The molecular weight excluding hydrogens is 364 g/mol. The van der Waals surface area contributed by atoms with Crippen LogP contribution in [0.2, 0.25) is 0 Å². The number of hydrogen-bond acceptors (Lipinski definition) is 4. The van der Waals surface area contributed by atoms with Crippen molar-refractivity contribution in [1.29, 1.82) is 0 Å². The number of morpholine rings is 1. The van der Waals surface area contributed by atoms with Crippen LogP contribution in [0.5, 0.6) is 0 Å². The van der Waals surface area contributed by atoms with Crippen molar-refractivity contribution in [2.45, 2.75) is 63.2 Å². The molecule has 1 aromatic carbocycles. The summed E-state index contributed by atoms with van der Waals surface area (Å²) in [7, 11) is -3.63. The van der Waals surface area contributed by atoms with Gasteiger partial charge in [0.25, 0.3) is 5.91 Å². The van der Waals surface area contributed by atoms with Crippen molar-refractivity contribution in [3.63, 3.8) is 0 Å². The second-order valence-corrected chi connectivity index (χ2v) is 8.93. The van der Waals surface area contributed by atoms with E-state index in [1.165, 1.54) is 28.6 Å². The number of sulfonamides is 1. The molecule has 1 aliphatic rings. The first-order valence-electron chi connectivity index (χ1n) is 9.23. The molecule has 27 heavy (non-hydrogen) atoms. The second-order valence-electron chi connectivity index (χ2n) is 6.99. The number of terminal acetylenes is 1. The molecule has 0 saturated carbocycles. The Balaban J connectivity index is 2.19. The van der Waals surface area contributed by atoms with E-state index >= 15 is 0 Å². The van der Waals surface area contributed by atoms with Gasteiger partial charge in [0.05, 0.1) is 17.1 Å². The van der Waals surface area contributed by atoms with Gasteiger partial charge >= 0.3 is 0 Å². The summed E-state index contributed by atoms with van der Waals surface area (Å²) in [6.45, 7) is 8.17. The van der Waals surface area contributed by atoms with Crippen LogP contribution in [0.1, 0.15) is 50.9 Å². The lowest BCUT2D eigenvalue weighted by Gasteiger charge is -2.34. The standard InChI is InChI=1S/C20H28N2O4S/c1-6-20(7-2,8-3)21-19(23)17-9-11-18(12-10-17)27(24,25)22-13-15(4)26-16(5)14-22/h1,9-12,15-16H,7-8,13-14H2,2-5H3,(H,21,23)/t15-,16-/m1/s1. The number of carbonyl (C=O) groups excluding carboxylic acids is 1. The Kier molecular flexibility index (Phi) is 6.68. The molecule has 1 N–H and O–H groups in total. The minimum Gasteiger partial charge on any atom is -0.373 e. The predicted octanol–water partition coefficient (Wildman–Crippen LogP) is 2.41. The third-order valence-corrected chi connectivity index (χ3v) is 6.82. The summed E-state index contributed by atoms with van der Waals surface area (Å²) in [5.41, 5.74) is -0.318.